The van der Waals surface area contributed by atoms with Gasteiger partial charge in [0.2, 0.25) is 0 Å². The van der Waals surface area contributed by atoms with Crippen molar-refractivity contribution in [3.63, 3.8) is 0 Å². The molecule has 2 aromatic heterocycles. The molecular weight excluding hydrogens is 472 g/mol. The Balaban J connectivity index is 1.46. The molecule has 0 bridgehead atoms. The zero-order valence-corrected chi connectivity index (χ0v) is 21.2. The van der Waals surface area contributed by atoms with Gasteiger partial charge >= 0.3 is 0 Å². The van der Waals surface area contributed by atoms with Crippen molar-refractivity contribution in [1.29, 1.82) is 0 Å². The standard InChI is InChI=1S/C28H26N4O3S/c1-5-23(33)32-14-28(3,4)35-21-10-6-16(12-20(21)32)18-8-7-17-19(31-18)9-11-22-24(17)25-26(36-22)27(34)30-15(2)13-29-25/h5-12,15,29H,1,13-14H2,2-4H3,(H,30,34)/t15-/m1/s1. The molecule has 36 heavy (non-hydrogen) atoms. The number of hydrogen-bond donors (Lipinski definition) is 2. The first-order valence-corrected chi connectivity index (χ1v) is 12.7. The smallest absolute Gasteiger partial charge is 0.263 e. The minimum absolute atomic E-state index is 0.0421. The van der Waals surface area contributed by atoms with Gasteiger partial charge in [-0.3, -0.25) is 9.59 Å². The molecule has 0 aliphatic carbocycles. The lowest BCUT2D eigenvalue weighted by molar-refractivity contribution is -0.115. The molecule has 0 spiro atoms. The number of fused-ring (bicyclic) bond motifs is 6. The number of anilines is 2. The Morgan fingerprint density at radius 1 is 1.25 bits per heavy atom. The molecule has 182 valence electrons. The summed E-state index contributed by atoms with van der Waals surface area (Å²) in [4.78, 5) is 32.7. The van der Waals surface area contributed by atoms with Crippen molar-refractivity contribution in [3.8, 4) is 17.0 Å². The molecule has 2 aliphatic heterocycles. The molecule has 0 unspecified atom stereocenters. The number of nitrogens with one attached hydrogen (secondary N) is 2. The van der Waals surface area contributed by atoms with Crippen molar-refractivity contribution in [1.82, 2.24) is 10.3 Å². The minimum Gasteiger partial charge on any atom is -0.484 e. The van der Waals surface area contributed by atoms with Gasteiger partial charge in [-0.25, -0.2) is 4.98 Å². The highest BCUT2D eigenvalue weighted by molar-refractivity contribution is 7.21. The van der Waals surface area contributed by atoms with E-state index < -0.39 is 5.60 Å². The maximum Gasteiger partial charge on any atom is 0.263 e. The molecule has 0 saturated carbocycles. The SMILES string of the molecule is C=CC(=O)N1CC(C)(C)Oc2ccc(-c3ccc4c(ccc5sc6c(c54)NC[C@@H](C)NC6=O)n3)cc21. The number of carbonyl (C=O) groups excluding carboxylic acids is 2. The normalized spacial score (nSPS) is 18.5. The summed E-state index contributed by atoms with van der Waals surface area (Å²) in [7, 11) is 0. The van der Waals surface area contributed by atoms with Crippen LogP contribution in [0.15, 0.2) is 55.1 Å². The predicted molar refractivity (Wildman–Crippen MR) is 145 cm³/mol. The fraction of sp³-hybridized carbons (Fsp3) is 0.250. The van der Waals surface area contributed by atoms with Crippen LogP contribution in [0.2, 0.25) is 0 Å². The summed E-state index contributed by atoms with van der Waals surface area (Å²) in [6, 6.07) is 13.9. The van der Waals surface area contributed by atoms with Gasteiger partial charge in [0.25, 0.3) is 11.8 Å². The van der Waals surface area contributed by atoms with Crippen molar-refractivity contribution in [2.24, 2.45) is 0 Å². The molecule has 8 heteroatoms. The lowest BCUT2D eigenvalue weighted by Crippen LogP contribution is -2.48. The van der Waals surface area contributed by atoms with Gasteiger partial charge in [-0.15, -0.1) is 11.3 Å². The number of aromatic nitrogens is 1. The Morgan fingerprint density at radius 3 is 2.89 bits per heavy atom. The second kappa shape index (κ2) is 8.06. The Labute approximate surface area is 212 Å². The Kier molecular flexibility index (Phi) is 5.05. The third-order valence-electron chi connectivity index (χ3n) is 6.60. The molecular formula is C28H26N4O3S. The Bertz CT molecular complexity index is 1590. The largest absolute Gasteiger partial charge is 0.484 e. The van der Waals surface area contributed by atoms with E-state index >= 15 is 0 Å². The molecule has 0 saturated heterocycles. The van der Waals surface area contributed by atoms with Gasteiger partial charge in [-0.05, 0) is 69.3 Å². The monoisotopic (exact) mass is 498 g/mol. The van der Waals surface area contributed by atoms with Gasteiger partial charge in [0, 0.05) is 33.6 Å². The summed E-state index contributed by atoms with van der Waals surface area (Å²) in [5, 5.41) is 8.52. The average molecular weight is 499 g/mol. The van der Waals surface area contributed by atoms with Crippen molar-refractivity contribution in [2.45, 2.75) is 32.4 Å². The van der Waals surface area contributed by atoms with Crippen molar-refractivity contribution >= 4 is 55.5 Å². The number of thiophene rings is 1. The number of ether oxygens (including phenoxy) is 1. The summed E-state index contributed by atoms with van der Waals surface area (Å²) in [6.45, 7) is 10.7. The van der Waals surface area contributed by atoms with Crippen LogP contribution in [0.4, 0.5) is 11.4 Å². The van der Waals surface area contributed by atoms with Crippen LogP contribution in [-0.2, 0) is 4.79 Å². The summed E-state index contributed by atoms with van der Waals surface area (Å²) in [5.74, 6) is 0.453. The molecule has 7 nitrogen and oxygen atoms in total. The number of carbonyl (C=O) groups is 2. The van der Waals surface area contributed by atoms with Gasteiger partial charge in [-0.2, -0.15) is 0 Å². The predicted octanol–water partition coefficient (Wildman–Crippen LogP) is 5.35. The molecule has 4 aromatic rings. The summed E-state index contributed by atoms with van der Waals surface area (Å²) >= 11 is 1.50. The van der Waals surface area contributed by atoms with Crippen molar-refractivity contribution < 1.29 is 14.3 Å². The quantitative estimate of drug-likeness (QED) is 0.364. The van der Waals surface area contributed by atoms with E-state index in [0.29, 0.717) is 29.4 Å². The van der Waals surface area contributed by atoms with E-state index in [1.54, 1.807) is 4.90 Å². The third kappa shape index (κ3) is 3.60. The zero-order valence-electron chi connectivity index (χ0n) is 20.3. The lowest BCUT2D eigenvalue weighted by Gasteiger charge is -2.39. The number of benzene rings is 2. The van der Waals surface area contributed by atoms with Gasteiger partial charge in [-0.1, -0.05) is 6.58 Å². The van der Waals surface area contributed by atoms with E-state index in [1.165, 1.54) is 17.4 Å². The fourth-order valence-electron chi connectivity index (χ4n) is 4.96. The maximum absolute atomic E-state index is 12.7. The second-order valence-electron chi connectivity index (χ2n) is 9.94. The van der Waals surface area contributed by atoms with Gasteiger partial charge in [0.05, 0.1) is 29.1 Å². The number of pyridine rings is 1. The van der Waals surface area contributed by atoms with E-state index in [-0.39, 0.29) is 17.9 Å². The molecule has 2 N–H and O–H groups in total. The molecule has 0 fully saturated rings. The first-order chi connectivity index (χ1) is 17.2. The Hall–Kier alpha value is -3.91. The molecule has 2 amide bonds. The number of amides is 2. The van der Waals surface area contributed by atoms with Crippen LogP contribution in [0.1, 0.15) is 30.4 Å². The zero-order chi connectivity index (χ0) is 25.2. The highest BCUT2D eigenvalue weighted by atomic mass is 32.1. The summed E-state index contributed by atoms with van der Waals surface area (Å²) in [5.41, 5.74) is 3.61. The molecule has 2 aliphatic rings. The number of hydrogen-bond acceptors (Lipinski definition) is 6. The highest BCUT2D eigenvalue weighted by Crippen LogP contribution is 2.42. The van der Waals surface area contributed by atoms with Gasteiger partial charge < -0.3 is 20.3 Å². The van der Waals surface area contributed by atoms with Crippen LogP contribution in [0.5, 0.6) is 5.75 Å². The van der Waals surface area contributed by atoms with E-state index in [2.05, 4.69) is 23.3 Å². The maximum atomic E-state index is 12.7. The molecule has 1 atom stereocenters. The van der Waals surface area contributed by atoms with Crippen LogP contribution in [0.25, 0.3) is 32.2 Å². The van der Waals surface area contributed by atoms with Crippen LogP contribution < -0.4 is 20.3 Å². The van der Waals surface area contributed by atoms with E-state index in [1.807, 2.05) is 57.2 Å². The van der Waals surface area contributed by atoms with E-state index in [4.69, 9.17) is 9.72 Å². The topological polar surface area (TPSA) is 83.6 Å². The number of nitrogens with zero attached hydrogens (tertiary/aromatic N) is 2. The first-order valence-electron chi connectivity index (χ1n) is 11.9. The van der Waals surface area contributed by atoms with Crippen molar-refractivity contribution in [2.75, 3.05) is 23.3 Å². The first kappa shape index (κ1) is 22.5. The number of rotatable bonds is 2. The summed E-state index contributed by atoms with van der Waals surface area (Å²) in [6.07, 6.45) is 1.33. The van der Waals surface area contributed by atoms with Crippen LogP contribution in [0.3, 0.4) is 0 Å². The van der Waals surface area contributed by atoms with E-state index in [9.17, 15) is 9.59 Å². The van der Waals surface area contributed by atoms with Crippen LogP contribution in [0, 0.1) is 0 Å². The van der Waals surface area contributed by atoms with Crippen molar-refractivity contribution in [3.05, 3.63) is 60.0 Å². The molecule has 4 heterocycles. The van der Waals surface area contributed by atoms with Gasteiger partial charge in [0.1, 0.15) is 16.2 Å². The molecule has 0 radical (unpaired) electrons. The second-order valence-corrected chi connectivity index (χ2v) is 11.0. The van der Waals surface area contributed by atoms with E-state index in [0.717, 1.165) is 37.9 Å². The van der Waals surface area contributed by atoms with Crippen LogP contribution >= 0.6 is 11.3 Å². The summed E-state index contributed by atoms with van der Waals surface area (Å²) < 4.78 is 7.18. The lowest BCUT2D eigenvalue weighted by atomic mass is 10.0. The highest BCUT2D eigenvalue weighted by Gasteiger charge is 2.34. The van der Waals surface area contributed by atoms with Gasteiger partial charge in [0.15, 0.2) is 0 Å². The van der Waals surface area contributed by atoms with Crippen LogP contribution in [-0.4, -0.2) is 41.5 Å². The molecule has 6 rings (SSSR count). The fourth-order valence-corrected chi connectivity index (χ4v) is 6.06. The average Bonchev–Trinajstić information content (AvgIpc) is 3.18. The third-order valence-corrected chi connectivity index (χ3v) is 7.76. The molecule has 2 aromatic carbocycles. The Morgan fingerprint density at radius 2 is 2.08 bits per heavy atom. The minimum atomic E-state index is -0.499.